The lowest BCUT2D eigenvalue weighted by Gasteiger charge is -2.21. The maximum absolute atomic E-state index is 11.8. The number of amides is 1. The molecule has 1 saturated heterocycles. The summed E-state index contributed by atoms with van der Waals surface area (Å²) in [6.07, 6.45) is 1.53. The Labute approximate surface area is 91.8 Å². The lowest BCUT2D eigenvalue weighted by Crippen LogP contribution is -2.35. The van der Waals surface area contributed by atoms with E-state index >= 15 is 0 Å². The van der Waals surface area contributed by atoms with Crippen LogP contribution in [0.3, 0.4) is 0 Å². The Morgan fingerprint density at radius 2 is 2.33 bits per heavy atom. The Hall–Kier alpha value is -0.610. The maximum Gasteiger partial charge on any atom is 0.225 e. The van der Waals surface area contributed by atoms with Gasteiger partial charge in [-0.15, -0.1) is 0 Å². The van der Waals surface area contributed by atoms with Gasteiger partial charge < -0.3 is 15.4 Å². The van der Waals surface area contributed by atoms with Gasteiger partial charge in [0.1, 0.15) is 0 Å². The summed E-state index contributed by atoms with van der Waals surface area (Å²) in [5.74, 6) is 0.683. The van der Waals surface area contributed by atoms with Crippen LogP contribution in [0, 0.1) is 5.92 Å². The summed E-state index contributed by atoms with van der Waals surface area (Å²) >= 11 is 0. The number of ether oxygens (including phenoxy) is 1. The first-order chi connectivity index (χ1) is 7.19. The predicted octanol–water partition coefficient (Wildman–Crippen LogP) is 0.609. The third kappa shape index (κ3) is 3.47. The van der Waals surface area contributed by atoms with E-state index in [1.165, 1.54) is 0 Å². The number of likely N-dealkylation sites (tertiary alicyclic amines) is 1. The molecule has 0 bridgehead atoms. The van der Waals surface area contributed by atoms with Gasteiger partial charge in [-0.3, -0.25) is 4.79 Å². The van der Waals surface area contributed by atoms with Crippen molar-refractivity contribution in [2.24, 2.45) is 11.7 Å². The standard InChI is InChI=1S/C11H22N2O2/c1-3-15-5-4-11(14)13-8-10(7-12)6-9(13)2/h9-10H,3-8,12H2,1-2H3. The quantitative estimate of drug-likeness (QED) is 0.682. The topological polar surface area (TPSA) is 55.6 Å². The van der Waals surface area contributed by atoms with Crippen molar-refractivity contribution >= 4 is 5.91 Å². The third-order valence-corrected chi connectivity index (χ3v) is 2.98. The zero-order valence-electron chi connectivity index (χ0n) is 9.74. The lowest BCUT2D eigenvalue weighted by atomic mass is 10.1. The van der Waals surface area contributed by atoms with Gasteiger partial charge >= 0.3 is 0 Å². The van der Waals surface area contributed by atoms with E-state index in [-0.39, 0.29) is 5.91 Å². The Kier molecular flexibility index (Phi) is 5.05. The highest BCUT2D eigenvalue weighted by Crippen LogP contribution is 2.22. The molecular formula is C11H22N2O2. The van der Waals surface area contributed by atoms with Gasteiger partial charge in [-0.1, -0.05) is 0 Å². The van der Waals surface area contributed by atoms with Crippen LogP contribution >= 0.6 is 0 Å². The zero-order valence-corrected chi connectivity index (χ0v) is 9.74. The van der Waals surface area contributed by atoms with Crippen molar-refractivity contribution in [1.29, 1.82) is 0 Å². The van der Waals surface area contributed by atoms with E-state index in [4.69, 9.17) is 10.5 Å². The van der Waals surface area contributed by atoms with Gasteiger partial charge in [0, 0.05) is 19.2 Å². The molecule has 0 spiro atoms. The molecule has 4 nitrogen and oxygen atoms in total. The lowest BCUT2D eigenvalue weighted by molar-refractivity contribution is -0.132. The molecule has 1 aliphatic heterocycles. The van der Waals surface area contributed by atoms with Crippen LogP contribution in [0.1, 0.15) is 26.7 Å². The van der Waals surface area contributed by atoms with Crippen molar-refractivity contribution in [1.82, 2.24) is 4.90 Å². The van der Waals surface area contributed by atoms with Gasteiger partial charge in [0.2, 0.25) is 5.91 Å². The Morgan fingerprint density at radius 1 is 1.60 bits per heavy atom. The Morgan fingerprint density at radius 3 is 2.87 bits per heavy atom. The van der Waals surface area contributed by atoms with Crippen LogP contribution in [0.15, 0.2) is 0 Å². The van der Waals surface area contributed by atoms with Gasteiger partial charge in [0.25, 0.3) is 0 Å². The van der Waals surface area contributed by atoms with Crippen LogP contribution in [-0.4, -0.2) is 43.2 Å². The second kappa shape index (κ2) is 6.08. The van der Waals surface area contributed by atoms with Gasteiger partial charge in [-0.2, -0.15) is 0 Å². The molecular weight excluding hydrogens is 192 g/mol. The largest absolute Gasteiger partial charge is 0.381 e. The monoisotopic (exact) mass is 214 g/mol. The minimum Gasteiger partial charge on any atom is -0.381 e. The van der Waals surface area contributed by atoms with Crippen molar-refractivity contribution in [3.63, 3.8) is 0 Å². The number of nitrogens with two attached hydrogens (primary N) is 1. The van der Waals surface area contributed by atoms with E-state index < -0.39 is 0 Å². The average molecular weight is 214 g/mol. The minimum absolute atomic E-state index is 0.201. The molecule has 0 aromatic carbocycles. The number of hydrogen-bond donors (Lipinski definition) is 1. The van der Waals surface area contributed by atoms with Crippen molar-refractivity contribution in [3.8, 4) is 0 Å². The molecule has 0 aliphatic carbocycles. The summed E-state index contributed by atoms with van der Waals surface area (Å²) in [6.45, 7) is 6.74. The number of nitrogens with zero attached hydrogens (tertiary/aromatic N) is 1. The predicted molar refractivity (Wildman–Crippen MR) is 59.4 cm³/mol. The second-order valence-corrected chi connectivity index (χ2v) is 4.18. The molecule has 1 heterocycles. The van der Waals surface area contributed by atoms with E-state index in [2.05, 4.69) is 6.92 Å². The molecule has 15 heavy (non-hydrogen) atoms. The van der Waals surface area contributed by atoms with Crippen LogP contribution in [0.2, 0.25) is 0 Å². The highest BCUT2D eigenvalue weighted by atomic mass is 16.5. The van der Waals surface area contributed by atoms with Crippen molar-refractivity contribution in [3.05, 3.63) is 0 Å². The first kappa shape index (κ1) is 12.5. The second-order valence-electron chi connectivity index (χ2n) is 4.18. The first-order valence-corrected chi connectivity index (χ1v) is 5.76. The summed E-state index contributed by atoms with van der Waals surface area (Å²) in [4.78, 5) is 13.7. The fraction of sp³-hybridized carbons (Fsp3) is 0.909. The van der Waals surface area contributed by atoms with Crippen molar-refractivity contribution < 1.29 is 9.53 Å². The summed E-state index contributed by atoms with van der Waals surface area (Å²) in [6, 6.07) is 0.340. The molecule has 1 rings (SSSR count). The van der Waals surface area contributed by atoms with E-state index in [1.807, 2.05) is 11.8 Å². The third-order valence-electron chi connectivity index (χ3n) is 2.98. The van der Waals surface area contributed by atoms with Crippen LogP contribution < -0.4 is 5.73 Å². The highest BCUT2D eigenvalue weighted by molar-refractivity contribution is 5.76. The molecule has 4 heteroatoms. The van der Waals surface area contributed by atoms with Gasteiger partial charge in [-0.05, 0) is 32.7 Å². The summed E-state index contributed by atoms with van der Waals surface area (Å²) < 4.78 is 5.18. The van der Waals surface area contributed by atoms with Gasteiger partial charge in [-0.25, -0.2) is 0 Å². The highest BCUT2D eigenvalue weighted by Gasteiger charge is 2.30. The van der Waals surface area contributed by atoms with Gasteiger partial charge in [0.05, 0.1) is 13.0 Å². The van der Waals surface area contributed by atoms with E-state index in [0.717, 1.165) is 13.0 Å². The Bertz CT molecular complexity index is 209. The number of carbonyl (C=O) groups excluding carboxylic acids is 1. The van der Waals surface area contributed by atoms with E-state index in [1.54, 1.807) is 0 Å². The molecule has 1 fully saturated rings. The first-order valence-electron chi connectivity index (χ1n) is 5.76. The van der Waals surface area contributed by atoms with E-state index in [0.29, 0.717) is 38.1 Å². The molecule has 0 saturated carbocycles. The van der Waals surface area contributed by atoms with Crippen molar-refractivity contribution in [2.45, 2.75) is 32.7 Å². The summed E-state index contributed by atoms with van der Waals surface area (Å²) in [5.41, 5.74) is 5.62. The molecule has 2 atom stereocenters. The van der Waals surface area contributed by atoms with E-state index in [9.17, 15) is 4.79 Å². The fourth-order valence-electron chi connectivity index (χ4n) is 2.11. The SMILES string of the molecule is CCOCCC(=O)N1CC(CN)CC1C. The minimum atomic E-state index is 0.201. The maximum atomic E-state index is 11.8. The zero-order chi connectivity index (χ0) is 11.3. The normalized spacial score (nSPS) is 25.9. The van der Waals surface area contributed by atoms with Crippen LogP contribution in [0.25, 0.3) is 0 Å². The molecule has 2 N–H and O–H groups in total. The molecule has 1 aliphatic rings. The van der Waals surface area contributed by atoms with Gasteiger partial charge in [0.15, 0.2) is 0 Å². The molecule has 2 unspecified atom stereocenters. The van der Waals surface area contributed by atoms with Crippen molar-refractivity contribution in [2.75, 3.05) is 26.3 Å². The smallest absolute Gasteiger partial charge is 0.225 e. The molecule has 0 aromatic heterocycles. The summed E-state index contributed by atoms with van der Waals surface area (Å²) in [7, 11) is 0. The summed E-state index contributed by atoms with van der Waals surface area (Å²) in [5, 5.41) is 0. The number of carbonyl (C=O) groups is 1. The molecule has 0 aromatic rings. The molecule has 0 radical (unpaired) electrons. The van der Waals surface area contributed by atoms with Crippen LogP contribution in [0.5, 0.6) is 0 Å². The Balaban J connectivity index is 2.33. The average Bonchev–Trinajstić information content (AvgIpc) is 2.60. The molecule has 1 amide bonds. The number of rotatable bonds is 5. The number of hydrogen-bond acceptors (Lipinski definition) is 3. The van der Waals surface area contributed by atoms with Crippen LogP contribution in [-0.2, 0) is 9.53 Å². The fourth-order valence-corrected chi connectivity index (χ4v) is 2.11. The molecule has 88 valence electrons. The van der Waals surface area contributed by atoms with Crippen LogP contribution in [0.4, 0.5) is 0 Å².